The lowest BCUT2D eigenvalue weighted by Crippen LogP contribution is -2.46. The molecular formula is C14H19NO2. The summed E-state index contributed by atoms with van der Waals surface area (Å²) in [6.07, 6.45) is 4.92. The van der Waals surface area contributed by atoms with E-state index < -0.39 is 0 Å². The molecule has 3 rings (SSSR count). The third kappa shape index (κ3) is 2.05. The van der Waals surface area contributed by atoms with E-state index in [-0.39, 0.29) is 0 Å². The van der Waals surface area contributed by atoms with Crippen LogP contribution >= 0.6 is 0 Å². The minimum atomic E-state index is 0.382. The smallest absolute Gasteiger partial charge is 0.115 e. The van der Waals surface area contributed by atoms with Gasteiger partial charge in [-0.1, -0.05) is 6.07 Å². The van der Waals surface area contributed by atoms with Crippen LogP contribution in [-0.2, 0) is 11.2 Å². The van der Waals surface area contributed by atoms with Crippen molar-refractivity contribution in [1.29, 1.82) is 0 Å². The summed E-state index contributed by atoms with van der Waals surface area (Å²) in [6.45, 7) is 0. The molecule has 1 atom stereocenters. The minimum absolute atomic E-state index is 0.382. The number of aromatic hydroxyl groups is 1. The first-order valence-electron chi connectivity index (χ1n) is 6.37. The van der Waals surface area contributed by atoms with Gasteiger partial charge < -0.3 is 15.2 Å². The van der Waals surface area contributed by atoms with E-state index in [4.69, 9.17) is 4.74 Å². The molecule has 2 aliphatic carbocycles. The van der Waals surface area contributed by atoms with Gasteiger partial charge in [0.2, 0.25) is 0 Å². The first kappa shape index (κ1) is 11.1. The molecule has 92 valence electrons. The SMILES string of the molecule is COC1CC(NC2CCc3cc(O)ccc32)C1. The van der Waals surface area contributed by atoms with Gasteiger partial charge in [-0.3, -0.25) is 0 Å². The predicted octanol–water partition coefficient (Wildman–Crippen LogP) is 2.15. The van der Waals surface area contributed by atoms with Crippen LogP contribution in [0.25, 0.3) is 0 Å². The van der Waals surface area contributed by atoms with Crippen molar-refractivity contribution >= 4 is 0 Å². The summed E-state index contributed by atoms with van der Waals surface area (Å²) in [5.74, 6) is 0.382. The zero-order valence-electron chi connectivity index (χ0n) is 10.1. The van der Waals surface area contributed by atoms with Gasteiger partial charge in [0.15, 0.2) is 0 Å². The molecule has 0 bridgehead atoms. The van der Waals surface area contributed by atoms with E-state index in [2.05, 4.69) is 11.4 Å². The van der Waals surface area contributed by atoms with Crippen LogP contribution in [0.5, 0.6) is 5.75 Å². The molecule has 2 N–H and O–H groups in total. The van der Waals surface area contributed by atoms with Crippen molar-refractivity contribution in [2.45, 2.75) is 43.9 Å². The summed E-state index contributed by atoms with van der Waals surface area (Å²) in [7, 11) is 1.79. The van der Waals surface area contributed by atoms with E-state index in [0.29, 0.717) is 23.9 Å². The summed E-state index contributed by atoms with van der Waals surface area (Å²) < 4.78 is 5.29. The van der Waals surface area contributed by atoms with Crippen LogP contribution < -0.4 is 5.32 Å². The second-order valence-corrected chi connectivity index (χ2v) is 5.17. The summed E-state index contributed by atoms with van der Waals surface area (Å²) in [4.78, 5) is 0. The first-order chi connectivity index (χ1) is 8.26. The fraction of sp³-hybridized carbons (Fsp3) is 0.571. The van der Waals surface area contributed by atoms with Gasteiger partial charge in [0.05, 0.1) is 6.10 Å². The van der Waals surface area contributed by atoms with Crippen LogP contribution in [0.4, 0.5) is 0 Å². The van der Waals surface area contributed by atoms with Gasteiger partial charge in [0, 0.05) is 19.2 Å². The summed E-state index contributed by atoms with van der Waals surface area (Å²) in [5.41, 5.74) is 2.66. The molecule has 1 fully saturated rings. The lowest BCUT2D eigenvalue weighted by Gasteiger charge is -2.36. The van der Waals surface area contributed by atoms with Gasteiger partial charge in [-0.2, -0.15) is 0 Å². The average Bonchev–Trinajstić information content (AvgIpc) is 2.65. The summed E-state index contributed by atoms with van der Waals surface area (Å²) in [5, 5.41) is 13.1. The molecule has 0 amide bonds. The molecule has 1 aromatic rings. The highest BCUT2D eigenvalue weighted by Crippen LogP contribution is 2.35. The number of hydrogen-bond donors (Lipinski definition) is 2. The number of phenols is 1. The van der Waals surface area contributed by atoms with Crippen molar-refractivity contribution in [2.24, 2.45) is 0 Å². The van der Waals surface area contributed by atoms with Gasteiger partial charge in [-0.15, -0.1) is 0 Å². The molecule has 2 aliphatic rings. The number of benzene rings is 1. The highest BCUT2D eigenvalue weighted by Gasteiger charge is 2.32. The lowest BCUT2D eigenvalue weighted by molar-refractivity contribution is 0.0141. The molecule has 3 nitrogen and oxygen atoms in total. The molecule has 0 aliphatic heterocycles. The number of nitrogens with one attached hydrogen (secondary N) is 1. The second-order valence-electron chi connectivity index (χ2n) is 5.17. The van der Waals surface area contributed by atoms with Crippen molar-refractivity contribution in [1.82, 2.24) is 5.32 Å². The average molecular weight is 233 g/mol. The maximum absolute atomic E-state index is 9.45. The normalized spacial score (nSPS) is 31.0. The standard InChI is InChI=1S/C14H19NO2/c1-17-12-7-10(8-12)15-14-5-2-9-6-11(16)3-4-13(9)14/h3-4,6,10,12,14-16H,2,5,7-8H2,1H3. The van der Waals surface area contributed by atoms with Gasteiger partial charge in [-0.25, -0.2) is 0 Å². The van der Waals surface area contributed by atoms with Crippen LogP contribution in [0, 0.1) is 0 Å². The van der Waals surface area contributed by atoms with E-state index in [0.717, 1.165) is 25.7 Å². The molecule has 0 aromatic heterocycles. The van der Waals surface area contributed by atoms with Crippen LogP contribution in [0.2, 0.25) is 0 Å². The molecule has 3 heteroatoms. The molecule has 1 unspecified atom stereocenters. The molecule has 0 radical (unpaired) electrons. The molecule has 1 saturated carbocycles. The number of aryl methyl sites for hydroxylation is 1. The summed E-state index contributed by atoms with van der Waals surface area (Å²) in [6, 6.07) is 6.81. The van der Waals surface area contributed by atoms with Crippen LogP contribution in [-0.4, -0.2) is 24.4 Å². The first-order valence-corrected chi connectivity index (χ1v) is 6.37. The fourth-order valence-electron chi connectivity index (χ4n) is 2.96. The Bertz CT molecular complexity index is 413. The Kier molecular flexibility index (Phi) is 2.81. The zero-order valence-corrected chi connectivity index (χ0v) is 10.1. The molecule has 17 heavy (non-hydrogen) atoms. The molecular weight excluding hydrogens is 214 g/mol. The Morgan fingerprint density at radius 2 is 2.18 bits per heavy atom. The van der Waals surface area contributed by atoms with Crippen molar-refractivity contribution < 1.29 is 9.84 Å². The highest BCUT2D eigenvalue weighted by molar-refractivity contribution is 5.40. The number of rotatable bonds is 3. The predicted molar refractivity (Wildman–Crippen MR) is 66.1 cm³/mol. The van der Waals surface area contributed by atoms with E-state index in [1.807, 2.05) is 6.07 Å². The second kappa shape index (κ2) is 4.31. The van der Waals surface area contributed by atoms with Gasteiger partial charge >= 0.3 is 0 Å². The number of phenolic OH excluding ortho intramolecular Hbond substituents is 1. The molecule has 1 aromatic carbocycles. The van der Waals surface area contributed by atoms with Gasteiger partial charge in [0.1, 0.15) is 5.75 Å². The van der Waals surface area contributed by atoms with Crippen molar-refractivity contribution in [3.63, 3.8) is 0 Å². The quantitative estimate of drug-likeness (QED) is 0.840. The third-order valence-corrected chi connectivity index (χ3v) is 4.07. The van der Waals surface area contributed by atoms with Crippen LogP contribution in [0.15, 0.2) is 18.2 Å². The maximum Gasteiger partial charge on any atom is 0.115 e. The zero-order chi connectivity index (χ0) is 11.8. The molecule has 0 heterocycles. The number of fused-ring (bicyclic) bond motifs is 1. The van der Waals surface area contributed by atoms with E-state index in [1.165, 1.54) is 11.1 Å². The number of ether oxygens (including phenoxy) is 1. The van der Waals surface area contributed by atoms with Crippen LogP contribution in [0.3, 0.4) is 0 Å². The van der Waals surface area contributed by atoms with E-state index >= 15 is 0 Å². The molecule has 0 spiro atoms. The summed E-state index contributed by atoms with van der Waals surface area (Å²) >= 11 is 0. The van der Waals surface area contributed by atoms with Crippen molar-refractivity contribution in [3.8, 4) is 5.75 Å². The number of methoxy groups -OCH3 is 1. The Morgan fingerprint density at radius 3 is 2.94 bits per heavy atom. The third-order valence-electron chi connectivity index (χ3n) is 4.07. The number of hydrogen-bond acceptors (Lipinski definition) is 3. The van der Waals surface area contributed by atoms with E-state index in [1.54, 1.807) is 13.2 Å². The topological polar surface area (TPSA) is 41.5 Å². The Morgan fingerprint density at radius 1 is 1.35 bits per heavy atom. The fourth-order valence-corrected chi connectivity index (χ4v) is 2.96. The monoisotopic (exact) mass is 233 g/mol. The Hall–Kier alpha value is -1.06. The highest BCUT2D eigenvalue weighted by atomic mass is 16.5. The molecule has 0 saturated heterocycles. The maximum atomic E-state index is 9.45. The van der Waals surface area contributed by atoms with Gasteiger partial charge in [-0.05, 0) is 48.9 Å². The Balaban J connectivity index is 1.64. The van der Waals surface area contributed by atoms with E-state index in [9.17, 15) is 5.11 Å². The minimum Gasteiger partial charge on any atom is -0.508 e. The largest absolute Gasteiger partial charge is 0.508 e. The van der Waals surface area contributed by atoms with Crippen molar-refractivity contribution in [3.05, 3.63) is 29.3 Å². The van der Waals surface area contributed by atoms with Gasteiger partial charge in [0.25, 0.3) is 0 Å². The Labute approximate surface area is 102 Å². The van der Waals surface area contributed by atoms with Crippen LogP contribution in [0.1, 0.15) is 36.4 Å². The lowest BCUT2D eigenvalue weighted by atomic mass is 9.88. The van der Waals surface area contributed by atoms with Crippen molar-refractivity contribution in [2.75, 3.05) is 7.11 Å².